The van der Waals surface area contributed by atoms with Crippen molar-refractivity contribution < 1.29 is 14.5 Å². The third kappa shape index (κ3) is 3.54. The van der Waals surface area contributed by atoms with Crippen LogP contribution in [0.3, 0.4) is 0 Å². The van der Waals surface area contributed by atoms with Crippen LogP contribution in [0.1, 0.15) is 23.2 Å². The van der Waals surface area contributed by atoms with Crippen molar-refractivity contribution in [1.82, 2.24) is 10.2 Å². The van der Waals surface area contributed by atoms with E-state index in [4.69, 9.17) is 4.74 Å². The summed E-state index contributed by atoms with van der Waals surface area (Å²) in [5, 5.41) is 14.0. The van der Waals surface area contributed by atoms with E-state index in [2.05, 4.69) is 5.32 Å². The fourth-order valence-corrected chi connectivity index (χ4v) is 2.85. The van der Waals surface area contributed by atoms with Crippen molar-refractivity contribution in [2.45, 2.75) is 12.8 Å². The first kappa shape index (κ1) is 16.2. The fourth-order valence-electron chi connectivity index (χ4n) is 2.85. The zero-order valence-corrected chi connectivity index (χ0v) is 12.9. The van der Waals surface area contributed by atoms with Crippen LogP contribution in [0.25, 0.3) is 0 Å². The van der Waals surface area contributed by atoms with Crippen LogP contribution in [-0.2, 0) is 0 Å². The van der Waals surface area contributed by atoms with E-state index in [-0.39, 0.29) is 17.3 Å². The molecule has 7 nitrogen and oxygen atoms in total. The van der Waals surface area contributed by atoms with E-state index in [1.165, 1.54) is 25.3 Å². The molecule has 1 aliphatic heterocycles. The standard InChI is InChI=1S/C15H21N3O4/c1-16-9-11-4-3-7-17(10-11)15(19)12-5-6-13(18(20)21)14(8-12)22-2/h5-6,8,11,16H,3-4,7,9-10H2,1-2H3. The van der Waals surface area contributed by atoms with Crippen LogP contribution < -0.4 is 10.1 Å². The number of hydrogen-bond donors (Lipinski definition) is 1. The van der Waals surface area contributed by atoms with Crippen LogP contribution in [0.2, 0.25) is 0 Å². The zero-order chi connectivity index (χ0) is 16.1. The Hall–Kier alpha value is -2.15. The van der Waals surface area contributed by atoms with Gasteiger partial charge in [-0.25, -0.2) is 0 Å². The van der Waals surface area contributed by atoms with Gasteiger partial charge in [-0.05, 0) is 38.4 Å². The summed E-state index contributed by atoms with van der Waals surface area (Å²) in [6.45, 7) is 2.31. The van der Waals surface area contributed by atoms with Crippen molar-refractivity contribution in [2.75, 3.05) is 33.8 Å². The lowest BCUT2D eigenvalue weighted by Gasteiger charge is -2.32. The van der Waals surface area contributed by atoms with Gasteiger partial charge in [0.25, 0.3) is 5.91 Å². The van der Waals surface area contributed by atoms with Gasteiger partial charge in [0.1, 0.15) is 0 Å². The van der Waals surface area contributed by atoms with Gasteiger partial charge >= 0.3 is 5.69 Å². The van der Waals surface area contributed by atoms with E-state index in [0.717, 1.165) is 25.9 Å². The molecule has 0 spiro atoms. The second-order valence-corrected chi connectivity index (χ2v) is 5.46. The molecular weight excluding hydrogens is 286 g/mol. The number of carbonyl (C=O) groups is 1. The van der Waals surface area contributed by atoms with Crippen molar-refractivity contribution in [3.05, 3.63) is 33.9 Å². The minimum atomic E-state index is -0.517. The quantitative estimate of drug-likeness (QED) is 0.661. The van der Waals surface area contributed by atoms with Crippen LogP contribution in [0.5, 0.6) is 5.75 Å². The van der Waals surface area contributed by atoms with Crippen molar-refractivity contribution in [3.8, 4) is 5.75 Å². The normalized spacial score (nSPS) is 18.1. The number of rotatable bonds is 5. The minimum Gasteiger partial charge on any atom is -0.490 e. The summed E-state index contributed by atoms with van der Waals surface area (Å²) in [5.74, 6) is 0.455. The lowest BCUT2D eigenvalue weighted by molar-refractivity contribution is -0.385. The van der Waals surface area contributed by atoms with Crippen molar-refractivity contribution in [1.29, 1.82) is 0 Å². The Morgan fingerprint density at radius 3 is 2.95 bits per heavy atom. The van der Waals surface area contributed by atoms with Crippen LogP contribution in [-0.4, -0.2) is 49.5 Å². The third-order valence-electron chi connectivity index (χ3n) is 3.92. The average molecular weight is 307 g/mol. The highest BCUT2D eigenvalue weighted by Crippen LogP contribution is 2.28. The summed E-state index contributed by atoms with van der Waals surface area (Å²) in [6.07, 6.45) is 2.08. The zero-order valence-electron chi connectivity index (χ0n) is 12.9. The smallest absolute Gasteiger partial charge is 0.310 e. The molecule has 1 atom stereocenters. The maximum Gasteiger partial charge on any atom is 0.310 e. The summed E-state index contributed by atoms with van der Waals surface area (Å²) in [7, 11) is 3.27. The van der Waals surface area contributed by atoms with Gasteiger partial charge < -0.3 is 15.0 Å². The summed E-state index contributed by atoms with van der Waals surface area (Å²) in [5.41, 5.74) is 0.290. The third-order valence-corrected chi connectivity index (χ3v) is 3.92. The van der Waals surface area contributed by atoms with Gasteiger partial charge in [0, 0.05) is 30.8 Å². The van der Waals surface area contributed by atoms with Crippen molar-refractivity contribution >= 4 is 11.6 Å². The SMILES string of the molecule is CNCC1CCCN(C(=O)c2ccc([N+](=O)[O-])c(OC)c2)C1. The van der Waals surface area contributed by atoms with Gasteiger partial charge in [-0.2, -0.15) is 0 Å². The van der Waals surface area contributed by atoms with Gasteiger partial charge in [-0.15, -0.1) is 0 Å². The Kier molecular flexibility index (Phi) is 5.32. The first-order valence-corrected chi connectivity index (χ1v) is 7.33. The molecule has 2 rings (SSSR count). The lowest BCUT2D eigenvalue weighted by Crippen LogP contribution is -2.42. The molecule has 1 aromatic carbocycles. The number of methoxy groups -OCH3 is 1. The molecule has 1 aromatic rings. The second kappa shape index (κ2) is 7.22. The Balaban J connectivity index is 2.17. The molecule has 1 amide bonds. The second-order valence-electron chi connectivity index (χ2n) is 5.46. The molecule has 7 heteroatoms. The van der Waals surface area contributed by atoms with E-state index in [0.29, 0.717) is 18.0 Å². The predicted octanol–water partition coefficient (Wildman–Crippen LogP) is 1.67. The lowest BCUT2D eigenvalue weighted by atomic mass is 9.97. The van der Waals surface area contributed by atoms with Crippen molar-refractivity contribution in [3.63, 3.8) is 0 Å². The first-order chi connectivity index (χ1) is 10.6. The van der Waals surface area contributed by atoms with Gasteiger partial charge in [-0.3, -0.25) is 14.9 Å². The molecule has 1 fully saturated rings. The van der Waals surface area contributed by atoms with Crippen LogP contribution in [0, 0.1) is 16.0 Å². The van der Waals surface area contributed by atoms with Gasteiger partial charge in [0.15, 0.2) is 5.75 Å². The predicted molar refractivity (Wildman–Crippen MR) is 82.2 cm³/mol. The highest BCUT2D eigenvalue weighted by molar-refractivity contribution is 5.95. The Labute approximate surface area is 129 Å². The molecule has 1 aliphatic rings. The van der Waals surface area contributed by atoms with E-state index < -0.39 is 4.92 Å². The molecule has 0 saturated carbocycles. The molecule has 1 saturated heterocycles. The fraction of sp³-hybridized carbons (Fsp3) is 0.533. The first-order valence-electron chi connectivity index (χ1n) is 7.33. The molecule has 0 aromatic heterocycles. The van der Waals surface area contributed by atoms with E-state index in [9.17, 15) is 14.9 Å². The van der Waals surface area contributed by atoms with Crippen molar-refractivity contribution in [2.24, 2.45) is 5.92 Å². The number of nitro benzene ring substituents is 1. The summed E-state index contributed by atoms with van der Waals surface area (Å²) < 4.78 is 5.02. The number of amides is 1. The maximum atomic E-state index is 12.6. The molecule has 0 radical (unpaired) electrons. The highest BCUT2D eigenvalue weighted by atomic mass is 16.6. The summed E-state index contributed by atoms with van der Waals surface area (Å²) in [6, 6.07) is 4.26. The number of carbonyl (C=O) groups excluding carboxylic acids is 1. The van der Waals surface area contributed by atoms with Crippen LogP contribution >= 0.6 is 0 Å². The number of benzene rings is 1. The summed E-state index contributed by atoms with van der Waals surface area (Å²) in [4.78, 5) is 24.8. The molecule has 22 heavy (non-hydrogen) atoms. The number of piperidine rings is 1. The maximum absolute atomic E-state index is 12.6. The number of nitrogens with zero attached hydrogens (tertiary/aromatic N) is 2. The van der Waals surface area contributed by atoms with Crippen LogP contribution in [0.15, 0.2) is 18.2 Å². The van der Waals surface area contributed by atoms with E-state index >= 15 is 0 Å². The Morgan fingerprint density at radius 1 is 1.55 bits per heavy atom. The average Bonchev–Trinajstić information content (AvgIpc) is 2.54. The van der Waals surface area contributed by atoms with E-state index in [1.54, 1.807) is 0 Å². The van der Waals surface area contributed by atoms with Gasteiger partial charge in [0.2, 0.25) is 0 Å². The van der Waals surface area contributed by atoms with Gasteiger partial charge in [0.05, 0.1) is 12.0 Å². The largest absolute Gasteiger partial charge is 0.490 e. The number of likely N-dealkylation sites (tertiary alicyclic amines) is 1. The molecule has 0 aliphatic carbocycles. The molecule has 0 bridgehead atoms. The molecule has 120 valence electrons. The molecule has 1 unspecified atom stereocenters. The molecular formula is C15H21N3O4. The summed E-state index contributed by atoms with van der Waals surface area (Å²) >= 11 is 0. The van der Waals surface area contributed by atoms with E-state index in [1.807, 2.05) is 11.9 Å². The number of nitrogens with one attached hydrogen (secondary N) is 1. The molecule has 1 N–H and O–H groups in total. The Bertz CT molecular complexity index is 560. The van der Waals surface area contributed by atoms with Gasteiger partial charge in [-0.1, -0.05) is 0 Å². The number of ether oxygens (including phenoxy) is 1. The Morgan fingerprint density at radius 2 is 2.32 bits per heavy atom. The minimum absolute atomic E-state index is 0.103. The number of nitro groups is 1. The topological polar surface area (TPSA) is 84.7 Å². The monoisotopic (exact) mass is 307 g/mol. The molecule has 1 heterocycles. The number of hydrogen-bond acceptors (Lipinski definition) is 5. The van der Waals surface area contributed by atoms with Crippen LogP contribution in [0.4, 0.5) is 5.69 Å². The highest BCUT2D eigenvalue weighted by Gasteiger charge is 2.25.